The highest BCUT2D eigenvalue weighted by atomic mass is 35.5. The van der Waals surface area contributed by atoms with Crippen molar-refractivity contribution in [2.24, 2.45) is 5.73 Å². The van der Waals surface area contributed by atoms with Crippen molar-refractivity contribution in [2.75, 3.05) is 6.61 Å². The molecule has 0 aliphatic carbocycles. The summed E-state index contributed by atoms with van der Waals surface area (Å²) in [5.41, 5.74) is 7.58. The van der Waals surface area contributed by atoms with Gasteiger partial charge in [-0.05, 0) is 17.7 Å². The molecule has 0 heterocycles. The molecule has 0 spiro atoms. The Bertz CT molecular complexity index is 382. The van der Waals surface area contributed by atoms with E-state index in [9.17, 15) is 9.59 Å². The van der Waals surface area contributed by atoms with Gasteiger partial charge in [-0.3, -0.25) is 9.63 Å². The molecule has 92 valence electrons. The van der Waals surface area contributed by atoms with Crippen LogP contribution >= 0.6 is 11.6 Å². The Morgan fingerprint density at radius 3 is 2.65 bits per heavy atom. The molecule has 1 atom stereocenters. The lowest BCUT2D eigenvalue weighted by Gasteiger charge is -2.16. The van der Waals surface area contributed by atoms with Gasteiger partial charge in [0.25, 0.3) is 0 Å². The fourth-order valence-electron chi connectivity index (χ4n) is 1.17. The molecule has 1 rings (SSSR count). The molecule has 0 aliphatic rings. The van der Waals surface area contributed by atoms with Crippen LogP contribution in [0.1, 0.15) is 11.7 Å². The third-order valence-electron chi connectivity index (χ3n) is 1.87. The second-order valence-corrected chi connectivity index (χ2v) is 3.46. The average molecular weight is 259 g/mol. The summed E-state index contributed by atoms with van der Waals surface area (Å²) >= 11 is 5.73. The molecule has 7 heteroatoms. The number of benzene rings is 1. The molecular weight excluding hydrogens is 248 g/mol. The first-order valence-corrected chi connectivity index (χ1v) is 5.04. The largest absolute Gasteiger partial charge is 0.439 e. The first-order chi connectivity index (χ1) is 8.13. The van der Waals surface area contributed by atoms with Crippen molar-refractivity contribution in [2.45, 2.75) is 6.10 Å². The highest BCUT2D eigenvalue weighted by molar-refractivity contribution is 6.30. The van der Waals surface area contributed by atoms with E-state index in [2.05, 4.69) is 0 Å². The zero-order valence-corrected chi connectivity index (χ0v) is 9.52. The van der Waals surface area contributed by atoms with Gasteiger partial charge in [-0.2, -0.15) is 0 Å². The molecule has 1 aromatic carbocycles. The van der Waals surface area contributed by atoms with Crippen LogP contribution in [0.5, 0.6) is 0 Å². The molecule has 0 unspecified atom stereocenters. The van der Waals surface area contributed by atoms with Crippen LogP contribution in [0.4, 0.5) is 4.79 Å². The summed E-state index contributed by atoms with van der Waals surface area (Å²) in [6.07, 6.45) is -1.28. The predicted octanol–water partition coefficient (Wildman–Crippen LogP) is 1.15. The van der Waals surface area contributed by atoms with Crippen LogP contribution in [0.25, 0.3) is 0 Å². The minimum atomic E-state index is -0.931. The SMILES string of the molecule is NC(=O)O[C@@H](CONC=O)c1ccc(Cl)cc1. The number of hydrogen-bond donors (Lipinski definition) is 2. The number of nitrogens with two attached hydrogens (primary N) is 1. The third kappa shape index (κ3) is 4.71. The van der Waals surface area contributed by atoms with Crippen molar-refractivity contribution >= 4 is 24.1 Å². The summed E-state index contributed by atoms with van der Waals surface area (Å²) in [7, 11) is 0. The van der Waals surface area contributed by atoms with Crippen molar-refractivity contribution in [3.8, 4) is 0 Å². The van der Waals surface area contributed by atoms with E-state index >= 15 is 0 Å². The van der Waals surface area contributed by atoms with Gasteiger partial charge in [-0.1, -0.05) is 23.7 Å². The van der Waals surface area contributed by atoms with Crippen LogP contribution in [0.3, 0.4) is 0 Å². The van der Waals surface area contributed by atoms with Crippen LogP contribution in [0, 0.1) is 0 Å². The second kappa shape index (κ2) is 6.72. The van der Waals surface area contributed by atoms with Gasteiger partial charge in [0.2, 0.25) is 6.41 Å². The zero-order valence-electron chi connectivity index (χ0n) is 8.76. The van der Waals surface area contributed by atoms with Crippen LogP contribution < -0.4 is 11.2 Å². The van der Waals surface area contributed by atoms with E-state index in [0.29, 0.717) is 17.0 Å². The van der Waals surface area contributed by atoms with E-state index in [1.807, 2.05) is 5.48 Å². The molecule has 6 nitrogen and oxygen atoms in total. The Morgan fingerprint density at radius 2 is 2.12 bits per heavy atom. The van der Waals surface area contributed by atoms with Crippen molar-refractivity contribution < 1.29 is 19.2 Å². The fraction of sp³-hybridized carbons (Fsp3) is 0.200. The van der Waals surface area contributed by atoms with E-state index in [1.165, 1.54) is 0 Å². The normalized spacial score (nSPS) is 11.6. The Hall–Kier alpha value is -1.79. The van der Waals surface area contributed by atoms with E-state index in [0.717, 1.165) is 0 Å². The molecule has 0 fully saturated rings. The van der Waals surface area contributed by atoms with E-state index in [1.54, 1.807) is 24.3 Å². The lowest BCUT2D eigenvalue weighted by Crippen LogP contribution is -2.24. The van der Waals surface area contributed by atoms with Crippen LogP contribution in [-0.4, -0.2) is 19.1 Å². The molecule has 0 aromatic heterocycles. The maximum atomic E-state index is 10.7. The number of hydrogen-bond acceptors (Lipinski definition) is 4. The number of nitrogens with one attached hydrogen (secondary N) is 1. The first-order valence-electron chi connectivity index (χ1n) is 4.66. The summed E-state index contributed by atoms with van der Waals surface area (Å²) < 4.78 is 4.84. The number of carbonyl (C=O) groups excluding carboxylic acids is 2. The van der Waals surface area contributed by atoms with Gasteiger partial charge < -0.3 is 10.5 Å². The fourth-order valence-corrected chi connectivity index (χ4v) is 1.30. The zero-order chi connectivity index (χ0) is 12.7. The van der Waals surface area contributed by atoms with Crippen molar-refractivity contribution in [3.63, 3.8) is 0 Å². The van der Waals surface area contributed by atoms with Crippen LogP contribution in [0.15, 0.2) is 24.3 Å². The number of hydroxylamine groups is 1. The second-order valence-electron chi connectivity index (χ2n) is 3.02. The van der Waals surface area contributed by atoms with Gasteiger partial charge >= 0.3 is 6.09 Å². The number of carbonyl (C=O) groups is 2. The predicted molar refractivity (Wildman–Crippen MR) is 60.0 cm³/mol. The molecule has 17 heavy (non-hydrogen) atoms. The van der Waals surface area contributed by atoms with Crippen LogP contribution in [-0.2, 0) is 14.4 Å². The molecule has 0 bridgehead atoms. The number of primary amides is 1. The maximum absolute atomic E-state index is 10.7. The van der Waals surface area contributed by atoms with E-state index < -0.39 is 12.2 Å². The van der Waals surface area contributed by atoms with Gasteiger partial charge in [0.05, 0.1) is 0 Å². The third-order valence-corrected chi connectivity index (χ3v) is 2.12. The number of halogens is 1. The summed E-state index contributed by atoms with van der Waals surface area (Å²) in [6, 6.07) is 6.61. The number of rotatable bonds is 6. The topological polar surface area (TPSA) is 90.7 Å². The lowest BCUT2D eigenvalue weighted by atomic mass is 10.1. The summed E-state index contributed by atoms with van der Waals surface area (Å²) in [5.74, 6) is 0. The van der Waals surface area contributed by atoms with E-state index in [-0.39, 0.29) is 6.61 Å². The molecule has 1 aromatic rings. The first kappa shape index (κ1) is 13.3. The van der Waals surface area contributed by atoms with Gasteiger partial charge in [-0.15, -0.1) is 0 Å². The molecule has 2 amide bonds. The standard InChI is InChI=1S/C10H11ClN2O4/c11-8-3-1-7(2-4-8)9(17-10(12)15)5-16-13-6-14/h1-4,6,9H,5H2,(H2,12,15)(H,13,14)/t9-/m0/s1. The molecule has 0 saturated carbocycles. The average Bonchev–Trinajstić information content (AvgIpc) is 2.28. The number of amides is 2. The monoisotopic (exact) mass is 258 g/mol. The minimum Gasteiger partial charge on any atom is -0.439 e. The van der Waals surface area contributed by atoms with Crippen LogP contribution in [0.2, 0.25) is 5.02 Å². The molecule has 0 saturated heterocycles. The smallest absolute Gasteiger partial charge is 0.405 e. The summed E-state index contributed by atoms with van der Waals surface area (Å²) in [5, 5.41) is 0.554. The molecule has 0 aliphatic heterocycles. The Balaban J connectivity index is 2.70. The maximum Gasteiger partial charge on any atom is 0.405 e. The van der Waals surface area contributed by atoms with Gasteiger partial charge in [0.15, 0.2) is 6.10 Å². The van der Waals surface area contributed by atoms with Crippen molar-refractivity contribution in [3.05, 3.63) is 34.9 Å². The lowest BCUT2D eigenvalue weighted by molar-refractivity contribution is -0.123. The van der Waals surface area contributed by atoms with Crippen molar-refractivity contribution in [1.82, 2.24) is 5.48 Å². The summed E-state index contributed by atoms with van der Waals surface area (Å²) in [6.45, 7) is -0.0523. The highest BCUT2D eigenvalue weighted by Crippen LogP contribution is 2.19. The molecule has 0 radical (unpaired) electrons. The molecule has 3 N–H and O–H groups in total. The summed E-state index contributed by atoms with van der Waals surface area (Å²) in [4.78, 5) is 25.5. The quantitative estimate of drug-likeness (QED) is 0.455. The van der Waals surface area contributed by atoms with Gasteiger partial charge in [0.1, 0.15) is 6.61 Å². The van der Waals surface area contributed by atoms with Gasteiger partial charge in [-0.25, -0.2) is 10.3 Å². The Kier molecular flexibility index (Phi) is 5.25. The molecular formula is C10H11ClN2O4. The van der Waals surface area contributed by atoms with Gasteiger partial charge in [0, 0.05) is 5.02 Å². The minimum absolute atomic E-state index is 0.0523. The Labute approximate surface area is 103 Å². The van der Waals surface area contributed by atoms with Crippen molar-refractivity contribution in [1.29, 1.82) is 0 Å². The number of ether oxygens (including phenoxy) is 1. The van der Waals surface area contributed by atoms with E-state index in [4.69, 9.17) is 26.9 Å². The Morgan fingerprint density at radius 1 is 1.47 bits per heavy atom. The highest BCUT2D eigenvalue weighted by Gasteiger charge is 2.15.